The van der Waals surface area contributed by atoms with E-state index in [4.69, 9.17) is 11.6 Å². The van der Waals surface area contributed by atoms with E-state index in [0.717, 1.165) is 34.6 Å². The second kappa shape index (κ2) is 7.43. The van der Waals surface area contributed by atoms with Crippen LogP contribution < -0.4 is 5.32 Å². The summed E-state index contributed by atoms with van der Waals surface area (Å²) in [6.07, 6.45) is 2.00. The fourth-order valence-electron chi connectivity index (χ4n) is 2.42. The lowest BCUT2D eigenvalue weighted by atomic mass is 10.0. The summed E-state index contributed by atoms with van der Waals surface area (Å²) in [6.45, 7) is 5.18. The van der Waals surface area contributed by atoms with E-state index in [-0.39, 0.29) is 6.04 Å². The number of halogens is 2. The highest BCUT2D eigenvalue weighted by Crippen LogP contribution is 2.26. The zero-order valence-electron chi connectivity index (χ0n) is 12.7. The molecule has 0 aliphatic carbocycles. The summed E-state index contributed by atoms with van der Waals surface area (Å²) in [5.74, 6) is 0. The Morgan fingerprint density at radius 2 is 2.00 bits per heavy atom. The van der Waals surface area contributed by atoms with E-state index in [1.165, 1.54) is 11.3 Å². The van der Waals surface area contributed by atoms with Gasteiger partial charge in [-0.25, -0.2) is 0 Å². The molecule has 21 heavy (non-hydrogen) atoms. The lowest BCUT2D eigenvalue weighted by molar-refractivity contribution is 0.511. The second-order valence-corrected chi connectivity index (χ2v) is 6.46. The first kappa shape index (κ1) is 16.5. The van der Waals surface area contributed by atoms with E-state index in [1.54, 1.807) is 0 Å². The Hall–Kier alpha value is -0.840. The Morgan fingerprint density at radius 3 is 2.52 bits per heavy atom. The molecule has 0 saturated heterocycles. The molecule has 0 radical (unpaired) electrons. The van der Waals surface area contributed by atoms with Crippen LogP contribution in [0.5, 0.6) is 0 Å². The fraction of sp³-hybridized carbons (Fsp3) is 0.438. The van der Waals surface area contributed by atoms with Gasteiger partial charge in [0.1, 0.15) is 0 Å². The van der Waals surface area contributed by atoms with Crippen LogP contribution in [-0.2, 0) is 13.5 Å². The van der Waals surface area contributed by atoms with E-state index in [9.17, 15) is 0 Å². The van der Waals surface area contributed by atoms with Gasteiger partial charge < -0.3 is 5.32 Å². The van der Waals surface area contributed by atoms with E-state index in [1.807, 2.05) is 30.8 Å². The van der Waals surface area contributed by atoms with Gasteiger partial charge in [0.15, 0.2) is 0 Å². The van der Waals surface area contributed by atoms with Crippen LogP contribution in [0, 0.1) is 6.92 Å². The molecule has 1 unspecified atom stereocenters. The second-order valence-electron chi connectivity index (χ2n) is 5.23. The normalized spacial score (nSPS) is 12.6. The predicted octanol–water partition coefficient (Wildman–Crippen LogP) is 4.43. The summed E-state index contributed by atoms with van der Waals surface area (Å²) in [5.41, 5.74) is 3.48. The third-order valence-corrected chi connectivity index (χ3v) is 4.86. The van der Waals surface area contributed by atoms with Crippen molar-refractivity contribution in [1.82, 2.24) is 15.1 Å². The number of hydrogen-bond acceptors (Lipinski definition) is 2. The number of rotatable bonds is 6. The molecule has 1 aromatic heterocycles. The third kappa shape index (κ3) is 4.09. The molecule has 5 heteroatoms. The molecule has 0 aliphatic heterocycles. The smallest absolute Gasteiger partial charge is 0.0738 e. The Morgan fingerprint density at radius 1 is 1.33 bits per heavy atom. The highest BCUT2D eigenvalue weighted by Gasteiger charge is 2.17. The van der Waals surface area contributed by atoms with Gasteiger partial charge in [-0.2, -0.15) is 5.10 Å². The summed E-state index contributed by atoms with van der Waals surface area (Å²) in [5, 5.41) is 8.85. The van der Waals surface area contributed by atoms with Crippen molar-refractivity contribution in [1.29, 1.82) is 0 Å². The third-order valence-electron chi connectivity index (χ3n) is 3.57. The molecule has 0 spiro atoms. The predicted molar refractivity (Wildman–Crippen MR) is 91.8 cm³/mol. The first-order valence-electron chi connectivity index (χ1n) is 7.19. The van der Waals surface area contributed by atoms with Crippen LogP contribution in [0.25, 0.3) is 0 Å². The molecule has 0 aliphatic rings. The minimum absolute atomic E-state index is 0.258. The van der Waals surface area contributed by atoms with Gasteiger partial charge in [-0.1, -0.05) is 30.7 Å². The number of aryl methyl sites for hydroxylation is 2. The van der Waals surface area contributed by atoms with Gasteiger partial charge in [0, 0.05) is 24.5 Å². The molecule has 0 fully saturated rings. The summed E-state index contributed by atoms with van der Waals surface area (Å²) >= 11 is 9.64. The van der Waals surface area contributed by atoms with E-state index < -0.39 is 0 Å². The van der Waals surface area contributed by atoms with Crippen LogP contribution >= 0.6 is 27.5 Å². The maximum Gasteiger partial charge on any atom is 0.0738 e. The van der Waals surface area contributed by atoms with Gasteiger partial charge in [-0.15, -0.1) is 0 Å². The standard InChI is InChI=1S/C16H21BrClN3/c1-4-9-19-14(12-5-7-13(18)8-6-12)10-15-16(17)11(2)20-21(15)3/h5-8,14,19H,4,9-10H2,1-3H3. The zero-order valence-corrected chi connectivity index (χ0v) is 15.0. The largest absolute Gasteiger partial charge is 0.310 e. The summed E-state index contributed by atoms with van der Waals surface area (Å²) in [7, 11) is 1.99. The minimum Gasteiger partial charge on any atom is -0.310 e. The minimum atomic E-state index is 0.258. The Kier molecular flexibility index (Phi) is 5.85. The Bertz CT molecular complexity index is 592. The lowest BCUT2D eigenvalue weighted by Gasteiger charge is -2.19. The van der Waals surface area contributed by atoms with Crippen molar-refractivity contribution in [2.24, 2.45) is 7.05 Å². The van der Waals surface area contributed by atoms with Crippen molar-refractivity contribution in [3.8, 4) is 0 Å². The monoisotopic (exact) mass is 369 g/mol. The maximum atomic E-state index is 5.99. The number of hydrogen-bond donors (Lipinski definition) is 1. The maximum absolute atomic E-state index is 5.99. The van der Waals surface area contributed by atoms with Crippen LogP contribution in [0.4, 0.5) is 0 Å². The van der Waals surface area contributed by atoms with Crippen molar-refractivity contribution in [2.45, 2.75) is 32.7 Å². The van der Waals surface area contributed by atoms with E-state index in [2.05, 4.69) is 45.4 Å². The van der Waals surface area contributed by atoms with Crippen molar-refractivity contribution < 1.29 is 0 Å². The van der Waals surface area contributed by atoms with Crippen molar-refractivity contribution in [2.75, 3.05) is 6.54 Å². The molecule has 1 heterocycles. The van der Waals surface area contributed by atoms with Gasteiger partial charge in [-0.05, 0) is 53.5 Å². The molecular weight excluding hydrogens is 350 g/mol. The van der Waals surface area contributed by atoms with Crippen LogP contribution in [0.3, 0.4) is 0 Å². The first-order chi connectivity index (χ1) is 10.0. The Balaban J connectivity index is 2.25. The van der Waals surface area contributed by atoms with E-state index >= 15 is 0 Å². The van der Waals surface area contributed by atoms with Crippen molar-refractivity contribution >= 4 is 27.5 Å². The molecule has 0 saturated carbocycles. The molecule has 0 bridgehead atoms. The number of nitrogens with one attached hydrogen (secondary N) is 1. The van der Waals surface area contributed by atoms with Crippen LogP contribution in [0.15, 0.2) is 28.7 Å². The summed E-state index contributed by atoms with van der Waals surface area (Å²) in [6, 6.07) is 8.33. The average Bonchev–Trinajstić information content (AvgIpc) is 2.70. The Labute approximate surface area is 139 Å². The van der Waals surface area contributed by atoms with E-state index in [0.29, 0.717) is 0 Å². The molecule has 114 valence electrons. The molecule has 2 rings (SSSR count). The molecule has 1 aromatic carbocycles. The molecular formula is C16H21BrClN3. The van der Waals surface area contributed by atoms with Crippen LogP contribution in [0.2, 0.25) is 5.02 Å². The average molecular weight is 371 g/mol. The SMILES string of the molecule is CCCNC(Cc1c(Br)c(C)nn1C)c1ccc(Cl)cc1. The molecule has 0 amide bonds. The first-order valence-corrected chi connectivity index (χ1v) is 8.36. The number of aromatic nitrogens is 2. The van der Waals surface area contributed by atoms with Gasteiger partial charge in [0.2, 0.25) is 0 Å². The van der Waals surface area contributed by atoms with Gasteiger partial charge in [0.25, 0.3) is 0 Å². The summed E-state index contributed by atoms with van der Waals surface area (Å²) < 4.78 is 3.05. The van der Waals surface area contributed by atoms with Crippen LogP contribution in [0.1, 0.15) is 36.3 Å². The van der Waals surface area contributed by atoms with Crippen LogP contribution in [-0.4, -0.2) is 16.3 Å². The number of nitrogens with zero attached hydrogens (tertiary/aromatic N) is 2. The quantitative estimate of drug-likeness (QED) is 0.815. The zero-order chi connectivity index (χ0) is 15.4. The van der Waals surface area contributed by atoms with Gasteiger partial charge in [0.05, 0.1) is 15.9 Å². The molecule has 1 N–H and O–H groups in total. The highest BCUT2D eigenvalue weighted by atomic mass is 79.9. The van der Waals surface area contributed by atoms with Gasteiger partial charge in [-0.3, -0.25) is 4.68 Å². The van der Waals surface area contributed by atoms with Crippen molar-refractivity contribution in [3.05, 3.63) is 50.7 Å². The number of benzene rings is 1. The molecule has 3 nitrogen and oxygen atoms in total. The highest BCUT2D eigenvalue weighted by molar-refractivity contribution is 9.10. The van der Waals surface area contributed by atoms with Gasteiger partial charge >= 0.3 is 0 Å². The molecule has 2 aromatic rings. The lowest BCUT2D eigenvalue weighted by Crippen LogP contribution is -2.25. The van der Waals surface area contributed by atoms with Crippen molar-refractivity contribution in [3.63, 3.8) is 0 Å². The molecule has 1 atom stereocenters. The summed E-state index contributed by atoms with van der Waals surface area (Å²) in [4.78, 5) is 0. The fourth-order valence-corrected chi connectivity index (χ4v) is 3.04. The topological polar surface area (TPSA) is 29.9 Å².